The van der Waals surface area contributed by atoms with Crippen LogP contribution in [0.15, 0.2) is 66.9 Å². The zero-order valence-electron chi connectivity index (χ0n) is 19.4. The molecule has 2 aliphatic rings. The number of rotatable bonds is 6. The summed E-state index contributed by atoms with van der Waals surface area (Å²) in [7, 11) is 0. The smallest absolute Gasteiger partial charge is 0.256 e. The molecule has 1 unspecified atom stereocenters. The second-order valence-electron chi connectivity index (χ2n) is 8.54. The van der Waals surface area contributed by atoms with Gasteiger partial charge in [0.2, 0.25) is 0 Å². The van der Waals surface area contributed by atoms with Crippen molar-refractivity contribution in [3.05, 3.63) is 78.0 Å². The molecule has 34 heavy (non-hydrogen) atoms. The van der Waals surface area contributed by atoms with E-state index in [1.54, 1.807) is 12.3 Å². The Morgan fingerprint density at radius 2 is 1.76 bits per heavy atom. The maximum Gasteiger partial charge on any atom is 0.256 e. The van der Waals surface area contributed by atoms with Gasteiger partial charge in [0.1, 0.15) is 19.0 Å². The lowest BCUT2D eigenvalue weighted by Crippen LogP contribution is -2.47. The van der Waals surface area contributed by atoms with Crippen LogP contribution in [0, 0.1) is 0 Å². The van der Waals surface area contributed by atoms with Gasteiger partial charge in [0.05, 0.1) is 5.69 Å². The summed E-state index contributed by atoms with van der Waals surface area (Å²) in [5.41, 5.74) is 2.98. The van der Waals surface area contributed by atoms with Crippen molar-refractivity contribution in [2.24, 2.45) is 0 Å². The standard InChI is InChI=1S/C27H30N4O3/c1-2-22(20-9-11-21(12-10-20)27(32)29-25-8-3-4-13-28-25)30-14-16-31(17-15-30)23-6-5-7-24-26(23)34-19-18-33-24/h3-13,22H,2,14-19H2,1H3,(H,28,29,32). The topological polar surface area (TPSA) is 66.9 Å². The van der Waals surface area contributed by atoms with Gasteiger partial charge in [-0.3, -0.25) is 9.69 Å². The number of benzene rings is 2. The van der Waals surface area contributed by atoms with Gasteiger partial charge in [-0.15, -0.1) is 0 Å². The number of aromatic nitrogens is 1. The molecule has 2 aromatic carbocycles. The SMILES string of the molecule is CCC(c1ccc(C(=O)Nc2ccccn2)cc1)N1CCN(c2cccc3c2OCCO3)CC1. The van der Waals surface area contributed by atoms with Crippen LogP contribution in [0.3, 0.4) is 0 Å². The molecule has 1 saturated heterocycles. The van der Waals surface area contributed by atoms with Gasteiger partial charge in [-0.25, -0.2) is 4.98 Å². The Morgan fingerprint density at radius 1 is 0.971 bits per heavy atom. The first-order valence-corrected chi connectivity index (χ1v) is 11.9. The van der Waals surface area contributed by atoms with Crippen LogP contribution in [0.1, 0.15) is 35.3 Å². The Bertz CT molecular complexity index is 1110. The number of carbonyl (C=O) groups excluding carboxylic acids is 1. The fraction of sp³-hybridized carbons (Fsp3) is 0.333. The molecule has 7 nitrogen and oxygen atoms in total. The zero-order valence-corrected chi connectivity index (χ0v) is 19.4. The number of fused-ring (bicyclic) bond motifs is 1. The molecule has 1 atom stereocenters. The molecule has 1 N–H and O–H groups in total. The second-order valence-corrected chi connectivity index (χ2v) is 8.54. The zero-order chi connectivity index (χ0) is 23.3. The van der Waals surface area contributed by atoms with Crippen molar-refractivity contribution in [1.82, 2.24) is 9.88 Å². The lowest BCUT2D eigenvalue weighted by Gasteiger charge is -2.41. The third kappa shape index (κ3) is 4.70. The molecule has 2 aliphatic heterocycles. The highest BCUT2D eigenvalue weighted by molar-refractivity contribution is 6.03. The molecule has 1 aromatic heterocycles. The first-order valence-electron chi connectivity index (χ1n) is 11.9. The summed E-state index contributed by atoms with van der Waals surface area (Å²) in [5, 5.41) is 2.84. The quantitative estimate of drug-likeness (QED) is 0.591. The van der Waals surface area contributed by atoms with E-state index in [4.69, 9.17) is 9.47 Å². The van der Waals surface area contributed by atoms with Crippen LogP contribution in [-0.4, -0.2) is 55.2 Å². The molecule has 3 heterocycles. The summed E-state index contributed by atoms with van der Waals surface area (Å²) in [6.07, 6.45) is 2.68. The third-order valence-corrected chi connectivity index (χ3v) is 6.49. The summed E-state index contributed by atoms with van der Waals surface area (Å²) in [5.74, 6) is 2.11. The van der Waals surface area contributed by atoms with Crippen molar-refractivity contribution in [3.8, 4) is 11.5 Å². The molecule has 0 bridgehead atoms. The predicted molar refractivity (Wildman–Crippen MR) is 133 cm³/mol. The van der Waals surface area contributed by atoms with Gasteiger partial charge in [0.15, 0.2) is 11.5 Å². The van der Waals surface area contributed by atoms with Crippen LogP contribution in [0.25, 0.3) is 0 Å². The van der Waals surface area contributed by atoms with E-state index in [2.05, 4.69) is 45.2 Å². The van der Waals surface area contributed by atoms with Gasteiger partial charge < -0.3 is 19.7 Å². The van der Waals surface area contributed by atoms with Crippen molar-refractivity contribution in [3.63, 3.8) is 0 Å². The van der Waals surface area contributed by atoms with E-state index in [1.807, 2.05) is 36.4 Å². The summed E-state index contributed by atoms with van der Waals surface area (Å²) < 4.78 is 11.7. The Hall–Kier alpha value is -3.58. The van der Waals surface area contributed by atoms with Gasteiger partial charge >= 0.3 is 0 Å². The number of nitrogens with zero attached hydrogens (tertiary/aromatic N) is 3. The first kappa shape index (κ1) is 22.2. The highest BCUT2D eigenvalue weighted by atomic mass is 16.6. The number of para-hydroxylation sites is 1. The largest absolute Gasteiger partial charge is 0.486 e. The van der Waals surface area contributed by atoms with Crippen molar-refractivity contribution < 1.29 is 14.3 Å². The first-order chi connectivity index (χ1) is 16.7. The van der Waals surface area contributed by atoms with Gasteiger partial charge in [-0.05, 0) is 48.4 Å². The number of hydrogen-bond donors (Lipinski definition) is 1. The van der Waals surface area contributed by atoms with Crippen LogP contribution < -0.4 is 19.7 Å². The van der Waals surface area contributed by atoms with E-state index >= 15 is 0 Å². The number of pyridine rings is 1. The highest BCUT2D eigenvalue weighted by Gasteiger charge is 2.27. The molecule has 1 amide bonds. The van der Waals surface area contributed by atoms with E-state index in [0.717, 1.165) is 49.8 Å². The molecule has 0 aliphatic carbocycles. The van der Waals surface area contributed by atoms with Gasteiger partial charge in [-0.1, -0.05) is 31.2 Å². The summed E-state index contributed by atoms with van der Waals surface area (Å²) in [6, 6.07) is 19.9. The van der Waals surface area contributed by atoms with E-state index in [-0.39, 0.29) is 5.91 Å². The Balaban J connectivity index is 1.23. The fourth-order valence-electron chi connectivity index (χ4n) is 4.77. The van der Waals surface area contributed by atoms with Crippen LogP contribution in [0.2, 0.25) is 0 Å². The second kappa shape index (κ2) is 10.1. The molecular formula is C27H30N4O3. The Kier molecular flexibility index (Phi) is 6.62. The van der Waals surface area contributed by atoms with E-state index in [1.165, 1.54) is 5.56 Å². The average molecular weight is 459 g/mol. The number of amides is 1. The maximum atomic E-state index is 12.6. The minimum Gasteiger partial charge on any atom is -0.486 e. The fourth-order valence-corrected chi connectivity index (χ4v) is 4.77. The monoisotopic (exact) mass is 458 g/mol. The average Bonchev–Trinajstić information content (AvgIpc) is 2.90. The minimum absolute atomic E-state index is 0.149. The van der Waals surface area contributed by atoms with E-state index < -0.39 is 0 Å². The third-order valence-electron chi connectivity index (χ3n) is 6.49. The number of ether oxygens (including phenoxy) is 2. The lowest BCUT2D eigenvalue weighted by atomic mass is 10.00. The number of hydrogen-bond acceptors (Lipinski definition) is 6. The van der Waals surface area contributed by atoms with E-state index in [9.17, 15) is 4.79 Å². The molecule has 3 aromatic rings. The number of nitrogens with one attached hydrogen (secondary N) is 1. The maximum absolute atomic E-state index is 12.6. The van der Waals surface area contributed by atoms with Gasteiger partial charge in [0, 0.05) is 44.0 Å². The normalized spacial score (nSPS) is 16.7. The van der Waals surface area contributed by atoms with Crippen LogP contribution in [0.4, 0.5) is 11.5 Å². The predicted octanol–water partition coefficient (Wildman–Crippen LogP) is 4.38. The summed E-state index contributed by atoms with van der Waals surface area (Å²) in [4.78, 5) is 21.6. The summed E-state index contributed by atoms with van der Waals surface area (Å²) in [6.45, 7) is 7.21. The lowest BCUT2D eigenvalue weighted by molar-refractivity contribution is 0.102. The summed E-state index contributed by atoms with van der Waals surface area (Å²) >= 11 is 0. The Labute approximate surface area is 200 Å². The molecule has 176 valence electrons. The van der Waals surface area contributed by atoms with Gasteiger partial charge in [-0.2, -0.15) is 0 Å². The van der Waals surface area contributed by atoms with Gasteiger partial charge in [0.25, 0.3) is 5.91 Å². The molecular weight excluding hydrogens is 428 g/mol. The molecule has 5 rings (SSSR count). The van der Waals surface area contributed by atoms with Crippen LogP contribution in [0.5, 0.6) is 11.5 Å². The van der Waals surface area contributed by atoms with E-state index in [0.29, 0.717) is 30.6 Å². The van der Waals surface area contributed by atoms with Crippen LogP contribution in [-0.2, 0) is 0 Å². The van der Waals surface area contributed by atoms with Crippen molar-refractivity contribution in [1.29, 1.82) is 0 Å². The molecule has 7 heteroatoms. The highest BCUT2D eigenvalue weighted by Crippen LogP contribution is 2.40. The minimum atomic E-state index is -0.149. The molecule has 0 radical (unpaired) electrons. The molecule has 0 spiro atoms. The van der Waals surface area contributed by atoms with Crippen molar-refractivity contribution >= 4 is 17.4 Å². The van der Waals surface area contributed by atoms with Crippen molar-refractivity contribution in [2.45, 2.75) is 19.4 Å². The molecule has 1 fully saturated rings. The number of piperazine rings is 1. The van der Waals surface area contributed by atoms with Crippen LogP contribution >= 0.6 is 0 Å². The van der Waals surface area contributed by atoms with Crippen molar-refractivity contribution in [2.75, 3.05) is 49.6 Å². The molecule has 0 saturated carbocycles. The number of carbonyl (C=O) groups is 1. The Morgan fingerprint density at radius 3 is 2.50 bits per heavy atom. The number of anilines is 2.